The molecule has 2 unspecified atom stereocenters. The molecular weight excluding hydrogens is 679 g/mol. The molecule has 2 bridgehead atoms. The van der Waals surface area contributed by atoms with Crippen molar-refractivity contribution in [3.05, 3.63) is 0 Å². The summed E-state index contributed by atoms with van der Waals surface area (Å²) in [6.45, 7) is 35.0. The molecule has 6 rings (SSSR count). The van der Waals surface area contributed by atoms with E-state index in [1.165, 1.54) is 148 Å². The average molecular weight is 786 g/mol. The van der Waals surface area contributed by atoms with E-state index in [4.69, 9.17) is 0 Å². The molecule has 2 atom stereocenters. The molecule has 2 aliphatic heterocycles. The van der Waals surface area contributed by atoms with E-state index in [9.17, 15) is 5.11 Å². The van der Waals surface area contributed by atoms with Crippen molar-refractivity contribution in [2.45, 2.75) is 295 Å². The predicted molar refractivity (Wildman–Crippen MR) is 252 cm³/mol. The van der Waals surface area contributed by atoms with Gasteiger partial charge in [0.15, 0.2) is 0 Å². The van der Waals surface area contributed by atoms with E-state index in [1.807, 2.05) is 0 Å². The Morgan fingerprint density at radius 3 is 1.04 bits per heavy atom. The maximum Gasteiger partial charge on any atom is 0.0648 e. The summed E-state index contributed by atoms with van der Waals surface area (Å²) < 4.78 is 0. The van der Waals surface area contributed by atoms with Gasteiger partial charge in [0, 0.05) is 12.1 Å². The van der Waals surface area contributed by atoms with Crippen LogP contribution in [0.5, 0.6) is 0 Å². The first kappa shape index (κ1) is 52.1. The Bertz CT molecular complexity index is 974. The van der Waals surface area contributed by atoms with E-state index in [-0.39, 0.29) is 5.60 Å². The van der Waals surface area contributed by atoms with Gasteiger partial charge < -0.3 is 10.4 Å². The summed E-state index contributed by atoms with van der Waals surface area (Å²) in [6, 6.07) is 1.73. The fraction of sp³-hybridized carbons (Fsp3) is 1.00. The van der Waals surface area contributed by atoms with E-state index in [2.05, 4.69) is 109 Å². The fourth-order valence-corrected chi connectivity index (χ4v) is 11.2. The quantitative estimate of drug-likeness (QED) is 0.281. The molecule has 0 aromatic rings. The van der Waals surface area contributed by atoms with E-state index in [0.29, 0.717) is 27.1 Å². The van der Waals surface area contributed by atoms with Gasteiger partial charge >= 0.3 is 0 Å². The van der Waals surface area contributed by atoms with Crippen LogP contribution in [0.4, 0.5) is 0 Å². The second kappa shape index (κ2) is 23.8. The van der Waals surface area contributed by atoms with Crippen molar-refractivity contribution in [3.63, 3.8) is 0 Å². The number of hydrogen-bond donors (Lipinski definition) is 2. The smallest absolute Gasteiger partial charge is 0.0648 e. The minimum absolute atomic E-state index is 0.314. The molecule has 2 heterocycles. The summed E-state index contributed by atoms with van der Waals surface area (Å²) in [5.41, 5.74) is 2.28. The van der Waals surface area contributed by atoms with Crippen molar-refractivity contribution in [1.29, 1.82) is 0 Å². The fourth-order valence-electron chi connectivity index (χ4n) is 11.2. The van der Waals surface area contributed by atoms with Crippen LogP contribution in [-0.4, -0.2) is 22.8 Å². The van der Waals surface area contributed by atoms with Crippen LogP contribution in [0.3, 0.4) is 0 Å². The standard InChI is InChI=1S/C12H23N.C12H24O.C11H22.C10H20.C9H18/c1-12(2,3)8-9-6-10-4-5-11(7-9)13-10;1-11(2,3)9-10-12(13)7-5-4-6-8-12;1-11(2,3)9-10-7-5-4-6-8-10;1-10(2,3)8-9-6-4-5-7-9;1-9(2,3)7-8-5-4-6-8/h9-11,13H,4-8H2,1-3H3;13H,4-10H2,1-3H3;10H,4-9H2,1-3H3;9H,4-8H2,1-3H3;8H,4-7H2,1-3H3. The lowest BCUT2D eigenvalue weighted by molar-refractivity contribution is -0.0123. The molecule has 6 aliphatic rings. The Labute approximate surface area is 354 Å². The third-order valence-corrected chi connectivity index (χ3v) is 13.7. The van der Waals surface area contributed by atoms with Crippen LogP contribution in [-0.2, 0) is 0 Å². The number of aliphatic hydroxyl groups is 1. The molecule has 2 N–H and O–H groups in total. The van der Waals surface area contributed by atoms with Crippen molar-refractivity contribution >= 4 is 0 Å². The van der Waals surface area contributed by atoms with E-state index < -0.39 is 0 Å². The first-order valence-electron chi connectivity index (χ1n) is 25.2. The maximum absolute atomic E-state index is 10.2. The van der Waals surface area contributed by atoms with Crippen molar-refractivity contribution in [1.82, 2.24) is 5.32 Å². The molecule has 0 spiro atoms. The Hall–Kier alpha value is -0.0800. The number of hydrogen-bond acceptors (Lipinski definition) is 2. The highest BCUT2D eigenvalue weighted by atomic mass is 16.3. The second-order valence-electron chi connectivity index (χ2n) is 26.8. The van der Waals surface area contributed by atoms with Crippen LogP contribution in [0.2, 0.25) is 0 Å². The zero-order chi connectivity index (χ0) is 42.3. The van der Waals surface area contributed by atoms with Crippen LogP contribution >= 0.6 is 0 Å². The van der Waals surface area contributed by atoms with E-state index in [1.54, 1.807) is 0 Å². The lowest BCUT2D eigenvalue weighted by Crippen LogP contribution is -2.39. The van der Waals surface area contributed by atoms with Gasteiger partial charge in [0.05, 0.1) is 5.60 Å². The first-order chi connectivity index (χ1) is 25.7. The topological polar surface area (TPSA) is 32.3 Å². The van der Waals surface area contributed by atoms with Crippen molar-refractivity contribution < 1.29 is 5.11 Å². The van der Waals surface area contributed by atoms with E-state index >= 15 is 0 Å². The predicted octanol–water partition coefficient (Wildman–Crippen LogP) is 17.3. The summed E-state index contributed by atoms with van der Waals surface area (Å²) in [4.78, 5) is 0. The minimum atomic E-state index is -0.314. The normalized spacial score (nSPS) is 26.2. The van der Waals surface area contributed by atoms with Gasteiger partial charge in [0.25, 0.3) is 0 Å². The Morgan fingerprint density at radius 1 is 0.393 bits per heavy atom. The highest BCUT2D eigenvalue weighted by molar-refractivity contribution is 4.93. The summed E-state index contributed by atoms with van der Waals surface area (Å²) in [5.74, 6) is 4.17. The maximum atomic E-state index is 10.2. The third-order valence-electron chi connectivity index (χ3n) is 13.7. The molecule has 0 amide bonds. The van der Waals surface area contributed by atoms with Crippen LogP contribution in [0.15, 0.2) is 0 Å². The Balaban J connectivity index is 0.000000243. The second-order valence-corrected chi connectivity index (χ2v) is 26.8. The molecule has 4 saturated carbocycles. The van der Waals surface area contributed by atoms with Gasteiger partial charge in [-0.2, -0.15) is 0 Å². The van der Waals surface area contributed by atoms with Crippen molar-refractivity contribution in [2.75, 3.05) is 0 Å². The number of rotatable bonds is 6. The van der Waals surface area contributed by atoms with Crippen LogP contribution in [0, 0.1) is 50.7 Å². The molecule has 4 aliphatic carbocycles. The molecule has 2 saturated heterocycles. The summed E-state index contributed by atoms with van der Waals surface area (Å²) in [7, 11) is 0. The number of fused-ring (bicyclic) bond motifs is 2. The van der Waals surface area contributed by atoms with Crippen molar-refractivity contribution in [3.8, 4) is 0 Å². The molecule has 56 heavy (non-hydrogen) atoms. The molecular formula is C54H107NO. The summed E-state index contributed by atoms with van der Waals surface area (Å²) in [5, 5.41) is 13.9. The Morgan fingerprint density at radius 2 is 0.714 bits per heavy atom. The third kappa shape index (κ3) is 26.9. The highest BCUT2D eigenvalue weighted by Gasteiger charge is 2.35. The zero-order valence-corrected chi connectivity index (χ0v) is 41.5. The van der Waals surface area contributed by atoms with Gasteiger partial charge in [-0.15, -0.1) is 0 Å². The van der Waals surface area contributed by atoms with E-state index in [0.717, 1.165) is 61.4 Å². The van der Waals surface area contributed by atoms with Gasteiger partial charge in [-0.05, 0) is 128 Å². The van der Waals surface area contributed by atoms with Gasteiger partial charge in [-0.1, -0.05) is 200 Å². The molecule has 2 nitrogen and oxygen atoms in total. The first-order valence-corrected chi connectivity index (χ1v) is 25.2. The van der Waals surface area contributed by atoms with Gasteiger partial charge in [-0.3, -0.25) is 0 Å². The highest BCUT2D eigenvalue weighted by Crippen LogP contribution is 2.39. The number of nitrogens with one attached hydrogen (secondary N) is 1. The molecule has 0 aromatic carbocycles. The Kier molecular flexibility index (Phi) is 22.1. The van der Waals surface area contributed by atoms with Crippen LogP contribution in [0.25, 0.3) is 0 Å². The van der Waals surface area contributed by atoms with Crippen LogP contribution in [0.1, 0.15) is 277 Å². The van der Waals surface area contributed by atoms with Gasteiger partial charge in [0.1, 0.15) is 0 Å². The SMILES string of the molecule is CC(C)(C)CC1CC2CCC(C1)N2.CC(C)(C)CC1CCC1.CC(C)(C)CC1CCCC1.CC(C)(C)CC1CCCCC1.CC(C)(C)CCC1(O)CCCCC1. The zero-order valence-electron chi connectivity index (χ0n) is 41.5. The van der Waals surface area contributed by atoms with Gasteiger partial charge in [-0.25, -0.2) is 0 Å². The molecule has 0 radical (unpaired) electrons. The monoisotopic (exact) mass is 786 g/mol. The molecule has 2 heteroatoms. The largest absolute Gasteiger partial charge is 0.390 e. The lowest BCUT2D eigenvalue weighted by Gasteiger charge is -2.34. The average Bonchev–Trinajstić information content (AvgIpc) is 3.65. The molecule has 6 fully saturated rings. The minimum Gasteiger partial charge on any atom is -0.390 e. The van der Waals surface area contributed by atoms with Gasteiger partial charge in [0.2, 0.25) is 0 Å². The molecule has 334 valence electrons. The summed E-state index contributed by atoms with van der Waals surface area (Å²) >= 11 is 0. The lowest BCUT2D eigenvalue weighted by atomic mass is 9.74. The molecule has 0 aromatic heterocycles. The van der Waals surface area contributed by atoms with Crippen LogP contribution < -0.4 is 5.32 Å². The van der Waals surface area contributed by atoms with Crippen molar-refractivity contribution in [2.24, 2.45) is 50.7 Å². The number of piperidine rings is 1. The summed E-state index contributed by atoms with van der Waals surface area (Å²) in [6.07, 6.45) is 37.3.